The number of rotatable bonds is 6. The van der Waals surface area contributed by atoms with E-state index in [1.807, 2.05) is 6.92 Å². The highest BCUT2D eigenvalue weighted by molar-refractivity contribution is 7.80. The summed E-state index contributed by atoms with van der Waals surface area (Å²) in [5.74, 6) is 1.37. The fourth-order valence-corrected chi connectivity index (χ4v) is 1.76. The number of halogens is 1. The van der Waals surface area contributed by atoms with Crippen molar-refractivity contribution in [3.8, 4) is 5.75 Å². The number of non-ortho nitro benzene ring substituents is 1. The standard InChI is InChI=1S/C11H14ClNO3S/c1-2-8(7-17)6-16-11-5-9(13(14)15)3-4-10(11)12/h3-5,8,17H,2,6-7H2,1H3. The van der Waals surface area contributed by atoms with E-state index in [9.17, 15) is 10.1 Å². The Morgan fingerprint density at radius 1 is 1.59 bits per heavy atom. The van der Waals surface area contributed by atoms with Crippen LogP contribution in [-0.2, 0) is 0 Å². The van der Waals surface area contributed by atoms with E-state index in [2.05, 4.69) is 12.6 Å². The summed E-state index contributed by atoms with van der Waals surface area (Å²) in [6, 6.07) is 4.16. The van der Waals surface area contributed by atoms with Crippen LogP contribution in [0.4, 0.5) is 5.69 Å². The molecule has 1 aromatic carbocycles. The van der Waals surface area contributed by atoms with Crippen LogP contribution < -0.4 is 4.74 Å². The summed E-state index contributed by atoms with van der Waals surface area (Å²) in [5, 5.41) is 11.0. The van der Waals surface area contributed by atoms with Gasteiger partial charge in [0.15, 0.2) is 0 Å². The van der Waals surface area contributed by atoms with Crippen LogP contribution in [0, 0.1) is 16.0 Å². The minimum atomic E-state index is -0.473. The Labute approximate surface area is 110 Å². The summed E-state index contributed by atoms with van der Waals surface area (Å²) >= 11 is 10.1. The predicted molar refractivity (Wildman–Crippen MR) is 71.2 cm³/mol. The van der Waals surface area contributed by atoms with Crippen molar-refractivity contribution in [2.24, 2.45) is 5.92 Å². The molecular formula is C11H14ClNO3S. The second-order valence-electron chi connectivity index (χ2n) is 3.64. The minimum absolute atomic E-state index is 0.0247. The molecular weight excluding hydrogens is 262 g/mol. The average Bonchev–Trinajstić information content (AvgIpc) is 2.32. The number of hydrogen-bond acceptors (Lipinski definition) is 4. The van der Waals surface area contributed by atoms with Gasteiger partial charge in [-0.25, -0.2) is 0 Å². The largest absolute Gasteiger partial charge is 0.491 e. The van der Waals surface area contributed by atoms with Crippen LogP contribution in [0.15, 0.2) is 18.2 Å². The summed E-state index contributed by atoms with van der Waals surface area (Å²) in [4.78, 5) is 10.1. The highest BCUT2D eigenvalue weighted by atomic mass is 35.5. The fourth-order valence-electron chi connectivity index (χ4n) is 1.22. The van der Waals surface area contributed by atoms with Crippen molar-refractivity contribution in [3.63, 3.8) is 0 Å². The summed E-state index contributed by atoms with van der Waals surface area (Å²) in [5.41, 5.74) is -0.0247. The van der Waals surface area contributed by atoms with Gasteiger partial charge in [0.1, 0.15) is 5.75 Å². The number of hydrogen-bond donors (Lipinski definition) is 1. The maximum atomic E-state index is 10.6. The highest BCUT2D eigenvalue weighted by Gasteiger charge is 2.12. The van der Waals surface area contributed by atoms with Gasteiger partial charge in [-0.2, -0.15) is 12.6 Å². The van der Waals surface area contributed by atoms with Gasteiger partial charge >= 0.3 is 0 Å². The third kappa shape index (κ3) is 4.09. The molecule has 6 heteroatoms. The number of nitrogens with zero attached hydrogens (tertiary/aromatic N) is 1. The van der Waals surface area contributed by atoms with Gasteiger partial charge in [0.2, 0.25) is 0 Å². The first-order valence-corrected chi connectivity index (χ1v) is 6.27. The zero-order chi connectivity index (χ0) is 12.8. The Kier molecular flexibility index (Phi) is 5.58. The summed E-state index contributed by atoms with van der Waals surface area (Å²) < 4.78 is 5.49. The zero-order valence-electron chi connectivity index (χ0n) is 9.43. The maximum Gasteiger partial charge on any atom is 0.273 e. The third-order valence-electron chi connectivity index (χ3n) is 2.44. The van der Waals surface area contributed by atoms with Crippen LogP contribution in [0.1, 0.15) is 13.3 Å². The normalized spacial score (nSPS) is 12.2. The summed E-state index contributed by atoms with van der Waals surface area (Å²) in [6.45, 7) is 2.50. The second-order valence-corrected chi connectivity index (χ2v) is 4.41. The Morgan fingerprint density at radius 2 is 2.29 bits per heavy atom. The van der Waals surface area contributed by atoms with Crippen molar-refractivity contribution >= 4 is 29.9 Å². The van der Waals surface area contributed by atoms with E-state index < -0.39 is 4.92 Å². The van der Waals surface area contributed by atoms with Crippen molar-refractivity contribution in [2.45, 2.75) is 13.3 Å². The predicted octanol–water partition coefficient (Wildman–Crippen LogP) is 3.58. The number of thiol groups is 1. The molecule has 0 heterocycles. The van der Waals surface area contributed by atoms with Crippen molar-refractivity contribution in [3.05, 3.63) is 33.3 Å². The molecule has 0 aliphatic rings. The van der Waals surface area contributed by atoms with E-state index in [1.54, 1.807) is 0 Å². The van der Waals surface area contributed by atoms with Gasteiger partial charge in [-0.15, -0.1) is 0 Å². The molecule has 17 heavy (non-hydrogen) atoms. The van der Waals surface area contributed by atoms with Crippen LogP contribution in [-0.4, -0.2) is 17.3 Å². The molecule has 0 bridgehead atoms. The van der Waals surface area contributed by atoms with Crippen molar-refractivity contribution in [1.29, 1.82) is 0 Å². The molecule has 1 aromatic rings. The number of nitro groups is 1. The Balaban J connectivity index is 2.75. The van der Waals surface area contributed by atoms with E-state index in [1.165, 1.54) is 18.2 Å². The molecule has 0 fully saturated rings. The summed E-state index contributed by atoms with van der Waals surface area (Å²) in [6.07, 6.45) is 0.941. The zero-order valence-corrected chi connectivity index (χ0v) is 11.1. The van der Waals surface area contributed by atoms with Gasteiger partial charge in [-0.05, 0) is 18.2 Å². The van der Waals surface area contributed by atoms with Gasteiger partial charge in [0.05, 0.1) is 22.6 Å². The van der Waals surface area contributed by atoms with E-state index in [0.29, 0.717) is 29.0 Å². The Hall–Kier alpha value is -0.940. The third-order valence-corrected chi connectivity index (χ3v) is 3.26. The smallest absolute Gasteiger partial charge is 0.273 e. The summed E-state index contributed by atoms with van der Waals surface area (Å²) in [7, 11) is 0. The number of ether oxygens (including phenoxy) is 1. The van der Waals surface area contributed by atoms with Crippen LogP contribution in [0.3, 0.4) is 0 Å². The van der Waals surface area contributed by atoms with Crippen LogP contribution >= 0.6 is 24.2 Å². The average molecular weight is 276 g/mol. The van der Waals surface area contributed by atoms with Gasteiger partial charge in [-0.3, -0.25) is 10.1 Å². The molecule has 0 aromatic heterocycles. The maximum absolute atomic E-state index is 10.6. The Bertz CT molecular complexity index is 396. The SMILES string of the molecule is CCC(CS)COc1cc([N+](=O)[O-])ccc1Cl. The molecule has 0 saturated carbocycles. The first-order valence-electron chi connectivity index (χ1n) is 5.26. The second kappa shape index (κ2) is 6.71. The lowest BCUT2D eigenvalue weighted by Gasteiger charge is -2.14. The molecule has 0 saturated heterocycles. The highest BCUT2D eigenvalue weighted by Crippen LogP contribution is 2.29. The molecule has 1 atom stereocenters. The van der Waals surface area contributed by atoms with E-state index in [-0.39, 0.29) is 5.69 Å². The molecule has 4 nitrogen and oxygen atoms in total. The lowest BCUT2D eigenvalue weighted by Crippen LogP contribution is -2.12. The van der Waals surface area contributed by atoms with Gasteiger partial charge in [0.25, 0.3) is 5.69 Å². The minimum Gasteiger partial charge on any atom is -0.491 e. The molecule has 94 valence electrons. The fraction of sp³-hybridized carbons (Fsp3) is 0.455. The quantitative estimate of drug-likeness (QED) is 0.490. The lowest BCUT2D eigenvalue weighted by molar-refractivity contribution is -0.384. The van der Waals surface area contributed by atoms with Crippen LogP contribution in [0.5, 0.6) is 5.75 Å². The first kappa shape index (κ1) is 14.1. The van der Waals surface area contributed by atoms with Crippen molar-refractivity contribution in [2.75, 3.05) is 12.4 Å². The molecule has 0 aliphatic carbocycles. The topological polar surface area (TPSA) is 52.4 Å². The van der Waals surface area contributed by atoms with Crippen LogP contribution in [0.2, 0.25) is 5.02 Å². The van der Waals surface area contributed by atoms with E-state index in [4.69, 9.17) is 16.3 Å². The molecule has 0 aliphatic heterocycles. The molecule has 1 unspecified atom stereocenters. The molecule has 0 spiro atoms. The number of benzene rings is 1. The number of nitro benzene ring substituents is 1. The van der Waals surface area contributed by atoms with Crippen molar-refractivity contribution in [1.82, 2.24) is 0 Å². The van der Waals surface area contributed by atoms with E-state index in [0.717, 1.165) is 6.42 Å². The van der Waals surface area contributed by atoms with Crippen LogP contribution in [0.25, 0.3) is 0 Å². The molecule has 0 amide bonds. The molecule has 0 radical (unpaired) electrons. The van der Waals surface area contributed by atoms with Gasteiger partial charge in [0, 0.05) is 12.0 Å². The van der Waals surface area contributed by atoms with Gasteiger partial charge < -0.3 is 4.74 Å². The Morgan fingerprint density at radius 3 is 2.82 bits per heavy atom. The first-order chi connectivity index (χ1) is 8.08. The lowest BCUT2D eigenvalue weighted by atomic mass is 10.1. The monoisotopic (exact) mass is 275 g/mol. The molecule has 1 rings (SSSR count). The van der Waals surface area contributed by atoms with E-state index >= 15 is 0 Å². The van der Waals surface area contributed by atoms with Gasteiger partial charge in [-0.1, -0.05) is 18.5 Å². The van der Waals surface area contributed by atoms with Crippen molar-refractivity contribution < 1.29 is 9.66 Å². The molecule has 0 N–H and O–H groups in total.